The van der Waals surface area contributed by atoms with Crippen molar-refractivity contribution in [3.63, 3.8) is 0 Å². The van der Waals surface area contributed by atoms with Crippen LogP contribution in [0.15, 0.2) is 30.6 Å². The SMILES string of the molecule is CCOc1cc(N(C)Cc2nccn2C)ccc1N. The maximum absolute atomic E-state index is 5.88. The van der Waals surface area contributed by atoms with Crippen LogP contribution < -0.4 is 15.4 Å². The smallest absolute Gasteiger partial charge is 0.144 e. The number of nitrogens with zero attached hydrogens (tertiary/aromatic N) is 3. The number of imidazole rings is 1. The molecule has 0 saturated carbocycles. The summed E-state index contributed by atoms with van der Waals surface area (Å²) >= 11 is 0. The molecule has 1 aromatic carbocycles. The summed E-state index contributed by atoms with van der Waals surface area (Å²) in [5, 5.41) is 0. The average molecular weight is 260 g/mol. The molecular weight excluding hydrogens is 240 g/mol. The molecule has 0 aliphatic heterocycles. The Kier molecular flexibility index (Phi) is 3.94. The zero-order chi connectivity index (χ0) is 13.8. The lowest BCUT2D eigenvalue weighted by Gasteiger charge is -2.20. The van der Waals surface area contributed by atoms with Crippen LogP contribution in [0, 0.1) is 0 Å². The summed E-state index contributed by atoms with van der Waals surface area (Å²) in [7, 11) is 4.01. The number of hydrogen-bond acceptors (Lipinski definition) is 4. The van der Waals surface area contributed by atoms with E-state index in [1.165, 1.54) is 0 Å². The van der Waals surface area contributed by atoms with E-state index in [2.05, 4.69) is 9.88 Å². The van der Waals surface area contributed by atoms with Crippen LogP contribution in [0.3, 0.4) is 0 Å². The van der Waals surface area contributed by atoms with Crippen molar-refractivity contribution in [1.82, 2.24) is 9.55 Å². The number of hydrogen-bond donors (Lipinski definition) is 1. The van der Waals surface area contributed by atoms with Gasteiger partial charge in [0.2, 0.25) is 0 Å². The molecule has 0 saturated heterocycles. The van der Waals surface area contributed by atoms with Gasteiger partial charge in [0.25, 0.3) is 0 Å². The Hall–Kier alpha value is -2.17. The average Bonchev–Trinajstić information content (AvgIpc) is 2.78. The highest BCUT2D eigenvalue weighted by atomic mass is 16.5. The van der Waals surface area contributed by atoms with Gasteiger partial charge in [0.1, 0.15) is 11.6 Å². The van der Waals surface area contributed by atoms with E-state index >= 15 is 0 Å². The highest BCUT2D eigenvalue weighted by molar-refractivity contribution is 5.62. The molecule has 0 aliphatic rings. The van der Waals surface area contributed by atoms with Crippen LogP contribution in [0.4, 0.5) is 11.4 Å². The number of nitrogens with two attached hydrogens (primary N) is 1. The van der Waals surface area contributed by atoms with E-state index in [0.717, 1.165) is 23.8 Å². The van der Waals surface area contributed by atoms with Gasteiger partial charge in [-0.2, -0.15) is 0 Å². The molecule has 0 atom stereocenters. The Balaban J connectivity index is 2.17. The molecule has 5 heteroatoms. The lowest BCUT2D eigenvalue weighted by atomic mass is 10.2. The van der Waals surface area contributed by atoms with Crippen molar-refractivity contribution in [2.45, 2.75) is 13.5 Å². The van der Waals surface area contributed by atoms with Gasteiger partial charge in [0, 0.05) is 38.2 Å². The summed E-state index contributed by atoms with van der Waals surface area (Å²) in [6.45, 7) is 3.29. The van der Waals surface area contributed by atoms with Crippen molar-refractivity contribution in [2.24, 2.45) is 7.05 Å². The van der Waals surface area contributed by atoms with Crippen LogP contribution in [0.1, 0.15) is 12.7 Å². The number of ether oxygens (including phenoxy) is 1. The Morgan fingerprint density at radius 3 is 2.84 bits per heavy atom. The van der Waals surface area contributed by atoms with Crippen LogP contribution in [-0.2, 0) is 13.6 Å². The summed E-state index contributed by atoms with van der Waals surface area (Å²) in [4.78, 5) is 6.44. The maximum Gasteiger partial charge on any atom is 0.144 e. The number of nitrogen functional groups attached to an aromatic ring is 1. The van der Waals surface area contributed by atoms with E-state index in [0.29, 0.717) is 12.3 Å². The highest BCUT2D eigenvalue weighted by Crippen LogP contribution is 2.27. The zero-order valence-corrected chi connectivity index (χ0v) is 11.6. The lowest BCUT2D eigenvalue weighted by molar-refractivity contribution is 0.342. The first-order valence-electron chi connectivity index (χ1n) is 6.31. The van der Waals surface area contributed by atoms with E-state index in [1.54, 1.807) is 6.20 Å². The second-order valence-corrected chi connectivity index (χ2v) is 4.47. The van der Waals surface area contributed by atoms with Gasteiger partial charge in [-0.15, -0.1) is 0 Å². The Bertz CT molecular complexity index is 550. The van der Waals surface area contributed by atoms with Gasteiger partial charge in [-0.3, -0.25) is 0 Å². The normalized spacial score (nSPS) is 10.5. The van der Waals surface area contributed by atoms with E-state index < -0.39 is 0 Å². The van der Waals surface area contributed by atoms with Gasteiger partial charge in [-0.25, -0.2) is 4.98 Å². The molecule has 2 rings (SSSR count). The van der Waals surface area contributed by atoms with Crippen molar-refractivity contribution in [1.29, 1.82) is 0 Å². The van der Waals surface area contributed by atoms with E-state index in [1.807, 2.05) is 50.0 Å². The van der Waals surface area contributed by atoms with Crippen LogP contribution in [-0.4, -0.2) is 23.2 Å². The van der Waals surface area contributed by atoms with Crippen molar-refractivity contribution in [3.8, 4) is 5.75 Å². The number of aromatic nitrogens is 2. The summed E-state index contributed by atoms with van der Waals surface area (Å²) in [6, 6.07) is 5.82. The highest BCUT2D eigenvalue weighted by Gasteiger charge is 2.08. The molecule has 1 aromatic heterocycles. The molecule has 0 unspecified atom stereocenters. The van der Waals surface area contributed by atoms with Gasteiger partial charge >= 0.3 is 0 Å². The molecule has 2 aromatic rings. The van der Waals surface area contributed by atoms with Crippen molar-refractivity contribution in [3.05, 3.63) is 36.4 Å². The largest absolute Gasteiger partial charge is 0.492 e. The molecule has 19 heavy (non-hydrogen) atoms. The number of benzene rings is 1. The summed E-state index contributed by atoms with van der Waals surface area (Å²) in [6.07, 6.45) is 3.75. The fourth-order valence-corrected chi connectivity index (χ4v) is 1.89. The third-order valence-electron chi connectivity index (χ3n) is 3.04. The third-order valence-corrected chi connectivity index (χ3v) is 3.04. The first-order valence-corrected chi connectivity index (χ1v) is 6.31. The number of anilines is 2. The fourth-order valence-electron chi connectivity index (χ4n) is 1.89. The van der Waals surface area contributed by atoms with Crippen molar-refractivity contribution < 1.29 is 4.74 Å². The summed E-state index contributed by atoms with van der Waals surface area (Å²) < 4.78 is 7.53. The van der Waals surface area contributed by atoms with Crippen molar-refractivity contribution in [2.75, 3.05) is 24.3 Å². The van der Waals surface area contributed by atoms with Crippen LogP contribution in [0.2, 0.25) is 0 Å². The molecule has 0 radical (unpaired) electrons. The minimum absolute atomic E-state index is 0.608. The second kappa shape index (κ2) is 5.65. The van der Waals surface area contributed by atoms with E-state index in [-0.39, 0.29) is 0 Å². The second-order valence-electron chi connectivity index (χ2n) is 4.47. The first kappa shape index (κ1) is 13.3. The Labute approximate surface area is 113 Å². The predicted molar refractivity (Wildman–Crippen MR) is 77.3 cm³/mol. The molecular formula is C14H20N4O. The predicted octanol–water partition coefficient (Wildman–Crippen LogP) is 2.04. The minimum Gasteiger partial charge on any atom is -0.492 e. The fraction of sp³-hybridized carbons (Fsp3) is 0.357. The molecule has 102 valence electrons. The topological polar surface area (TPSA) is 56.3 Å². The monoisotopic (exact) mass is 260 g/mol. The molecule has 0 aliphatic carbocycles. The third kappa shape index (κ3) is 2.99. The molecule has 5 nitrogen and oxygen atoms in total. The summed E-state index contributed by atoms with van der Waals surface area (Å²) in [5.74, 6) is 1.74. The first-order chi connectivity index (χ1) is 9.11. The van der Waals surface area contributed by atoms with Crippen LogP contribution in [0.5, 0.6) is 5.75 Å². The van der Waals surface area contributed by atoms with Gasteiger partial charge in [-0.1, -0.05) is 0 Å². The van der Waals surface area contributed by atoms with Crippen LogP contribution in [0.25, 0.3) is 0 Å². The van der Waals surface area contributed by atoms with Gasteiger partial charge in [0.05, 0.1) is 18.8 Å². The number of rotatable bonds is 5. The van der Waals surface area contributed by atoms with Crippen LogP contribution >= 0.6 is 0 Å². The quantitative estimate of drug-likeness (QED) is 0.836. The molecule has 1 heterocycles. The minimum atomic E-state index is 0.608. The molecule has 0 fully saturated rings. The number of aryl methyl sites for hydroxylation is 1. The lowest BCUT2D eigenvalue weighted by Crippen LogP contribution is -2.19. The molecule has 0 amide bonds. The van der Waals surface area contributed by atoms with Gasteiger partial charge < -0.3 is 19.9 Å². The molecule has 0 spiro atoms. The maximum atomic E-state index is 5.88. The van der Waals surface area contributed by atoms with E-state index in [9.17, 15) is 0 Å². The Morgan fingerprint density at radius 1 is 1.42 bits per heavy atom. The Morgan fingerprint density at radius 2 is 2.21 bits per heavy atom. The molecule has 0 bridgehead atoms. The summed E-state index contributed by atoms with van der Waals surface area (Å²) in [5.41, 5.74) is 7.59. The zero-order valence-electron chi connectivity index (χ0n) is 11.6. The standard InChI is InChI=1S/C14H20N4O/c1-4-19-13-9-11(5-6-12(13)15)18(3)10-14-16-7-8-17(14)2/h5-9H,4,10,15H2,1-3H3. The van der Waals surface area contributed by atoms with Crippen molar-refractivity contribution >= 4 is 11.4 Å². The van der Waals surface area contributed by atoms with Gasteiger partial charge in [0.15, 0.2) is 0 Å². The van der Waals surface area contributed by atoms with E-state index in [4.69, 9.17) is 10.5 Å². The van der Waals surface area contributed by atoms with Gasteiger partial charge in [-0.05, 0) is 19.1 Å². The molecule has 2 N–H and O–H groups in total.